The molecule has 2 nitrogen and oxygen atoms in total. The topological polar surface area (TPSA) is 26.3 Å². The van der Waals surface area contributed by atoms with Crippen molar-refractivity contribution in [3.8, 4) is 0 Å². The summed E-state index contributed by atoms with van der Waals surface area (Å²) in [6, 6.07) is 0. The summed E-state index contributed by atoms with van der Waals surface area (Å²) in [5.74, 6) is 0.729. The number of hydrogen-bond acceptors (Lipinski definition) is 2. The van der Waals surface area contributed by atoms with Crippen LogP contribution < -0.4 is 0 Å². The molecule has 16 heavy (non-hydrogen) atoms. The summed E-state index contributed by atoms with van der Waals surface area (Å²) in [6.45, 7) is 11.2. The zero-order chi connectivity index (χ0) is 12.6. The standard InChI is InChI=1S/C14H28O2/c1-12(2)9-7-6-8-10-13(15)16-11-14(3,4)5/h12H,6-11H2,1-5H3. The lowest BCUT2D eigenvalue weighted by atomic mass is 9.99. The quantitative estimate of drug-likeness (QED) is 0.482. The van der Waals surface area contributed by atoms with Gasteiger partial charge in [0.1, 0.15) is 0 Å². The maximum Gasteiger partial charge on any atom is 0.305 e. The number of unbranched alkanes of at least 4 members (excludes halogenated alkanes) is 2. The molecule has 0 bridgehead atoms. The maximum absolute atomic E-state index is 11.4. The van der Waals surface area contributed by atoms with Crippen LogP contribution in [0, 0.1) is 11.3 Å². The Balaban J connectivity index is 3.38. The second kappa shape index (κ2) is 7.70. The zero-order valence-corrected chi connectivity index (χ0v) is 11.6. The van der Waals surface area contributed by atoms with Gasteiger partial charge in [0.05, 0.1) is 6.61 Å². The summed E-state index contributed by atoms with van der Waals surface area (Å²) < 4.78 is 5.20. The Bertz CT molecular complexity index is 189. The number of hydrogen-bond donors (Lipinski definition) is 0. The number of carbonyl (C=O) groups excluding carboxylic acids is 1. The van der Waals surface area contributed by atoms with E-state index >= 15 is 0 Å². The van der Waals surface area contributed by atoms with Gasteiger partial charge < -0.3 is 4.74 Å². The average molecular weight is 228 g/mol. The van der Waals surface area contributed by atoms with E-state index in [4.69, 9.17) is 4.74 Å². The molecule has 0 rings (SSSR count). The van der Waals surface area contributed by atoms with E-state index in [9.17, 15) is 4.79 Å². The van der Waals surface area contributed by atoms with Crippen molar-refractivity contribution in [2.45, 2.75) is 66.7 Å². The molecule has 0 spiro atoms. The Morgan fingerprint density at radius 2 is 1.75 bits per heavy atom. The van der Waals surface area contributed by atoms with Gasteiger partial charge in [0.2, 0.25) is 0 Å². The van der Waals surface area contributed by atoms with Gasteiger partial charge in [-0.15, -0.1) is 0 Å². The predicted octanol–water partition coefficient (Wildman–Crippen LogP) is 4.18. The SMILES string of the molecule is CC(C)CCCCCC(=O)OCC(C)(C)C. The van der Waals surface area contributed by atoms with Crippen LogP contribution in [0.25, 0.3) is 0 Å². The Kier molecular flexibility index (Phi) is 7.44. The van der Waals surface area contributed by atoms with Gasteiger partial charge in [-0.1, -0.05) is 53.9 Å². The summed E-state index contributed by atoms with van der Waals surface area (Å²) in [6.07, 6.45) is 5.17. The smallest absolute Gasteiger partial charge is 0.305 e. The first-order valence-electron chi connectivity index (χ1n) is 6.47. The Labute approximate surface area is 101 Å². The molecule has 0 saturated heterocycles. The predicted molar refractivity (Wildman–Crippen MR) is 68.3 cm³/mol. The monoisotopic (exact) mass is 228 g/mol. The minimum absolute atomic E-state index is 0.0422. The highest BCUT2D eigenvalue weighted by atomic mass is 16.5. The van der Waals surface area contributed by atoms with Crippen molar-refractivity contribution in [1.82, 2.24) is 0 Å². The lowest BCUT2D eigenvalue weighted by Crippen LogP contribution is -2.18. The van der Waals surface area contributed by atoms with Gasteiger partial charge in [0.15, 0.2) is 0 Å². The van der Waals surface area contributed by atoms with Crippen LogP contribution in [-0.2, 0) is 9.53 Å². The van der Waals surface area contributed by atoms with E-state index in [1.807, 2.05) is 0 Å². The minimum atomic E-state index is -0.0422. The number of carbonyl (C=O) groups is 1. The number of esters is 1. The van der Waals surface area contributed by atoms with Crippen molar-refractivity contribution in [3.63, 3.8) is 0 Å². The fraction of sp³-hybridized carbons (Fsp3) is 0.929. The highest BCUT2D eigenvalue weighted by Gasteiger charge is 2.13. The van der Waals surface area contributed by atoms with Gasteiger partial charge in [0, 0.05) is 6.42 Å². The molecule has 2 heteroatoms. The summed E-state index contributed by atoms with van der Waals surface area (Å²) in [4.78, 5) is 11.4. The molecule has 0 unspecified atom stereocenters. The van der Waals surface area contributed by atoms with E-state index in [1.54, 1.807) is 0 Å². The van der Waals surface area contributed by atoms with Crippen LogP contribution in [0.5, 0.6) is 0 Å². The largest absolute Gasteiger partial charge is 0.465 e. The summed E-state index contributed by atoms with van der Waals surface area (Å²) in [7, 11) is 0. The fourth-order valence-electron chi connectivity index (χ4n) is 1.37. The molecular weight excluding hydrogens is 200 g/mol. The van der Waals surface area contributed by atoms with Gasteiger partial charge in [-0.25, -0.2) is 0 Å². The Morgan fingerprint density at radius 3 is 2.25 bits per heavy atom. The normalized spacial score (nSPS) is 11.9. The van der Waals surface area contributed by atoms with Crippen LogP contribution in [0.3, 0.4) is 0 Å². The van der Waals surface area contributed by atoms with Crippen LogP contribution in [-0.4, -0.2) is 12.6 Å². The maximum atomic E-state index is 11.4. The van der Waals surface area contributed by atoms with Gasteiger partial charge in [-0.2, -0.15) is 0 Å². The summed E-state index contributed by atoms with van der Waals surface area (Å²) in [5, 5.41) is 0. The van der Waals surface area contributed by atoms with Gasteiger partial charge in [-0.3, -0.25) is 4.79 Å². The van der Waals surface area contributed by atoms with E-state index in [1.165, 1.54) is 12.8 Å². The highest BCUT2D eigenvalue weighted by molar-refractivity contribution is 5.69. The van der Waals surface area contributed by atoms with Crippen molar-refractivity contribution in [3.05, 3.63) is 0 Å². The third-order valence-corrected chi connectivity index (χ3v) is 2.33. The number of ether oxygens (including phenoxy) is 1. The van der Waals surface area contributed by atoms with E-state index < -0.39 is 0 Å². The molecule has 0 saturated carbocycles. The third kappa shape index (κ3) is 11.5. The molecular formula is C14H28O2. The molecule has 0 aromatic carbocycles. The van der Waals surface area contributed by atoms with E-state index in [2.05, 4.69) is 34.6 Å². The molecule has 0 aliphatic carbocycles. The molecule has 0 atom stereocenters. The second-order valence-electron chi connectivity index (χ2n) is 6.21. The van der Waals surface area contributed by atoms with Crippen molar-refractivity contribution >= 4 is 5.97 Å². The van der Waals surface area contributed by atoms with Gasteiger partial charge in [-0.05, 0) is 17.8 Å². The van der Waals surface area contributed by atoms with Gasteiger partial charge in [0.25, 0.3) is 0 Å². The van der Waals surface area contributed by atoms with Crippen molar-refractivity contribution < 1.29 is 9.53 Å². The van der Waals surface area contributed by atoms with Crippen molar-refractivity contribution in [2.24, 2.45) is 11.3 Å². The summed E-state index contributed by atoms with van der Waals surface area (Å²) in [5.41, 5.74) is 0.0767. The second-order valence-corrected chi connectivity index (χ2v) is 6.21. The lowest BCUT2D eigenvalue weighted by molar-refractivity contribution is -0.146. The molecule has 0 aliphatic heterocycles. The van der Waals surface area contributed by atoms with Crippen LogP contribution in [0.2, 0.25) is 0 Å². The molecule has 0 radical (unpaired) electrons. The first-order valence-corrected chi connectivity index (χ1v) is 6.47. The first-order chi connectivity index (χ1) is 7.31. The van der Waals surface area contributed by atoms with Gasteiger partial charge >= 0.3 is 5.97 Å². The molecule has 0 amide bonds. The van der Waals surface area contributed by atoms with Crippen LogP contribution in [0.4, 0.5) is 0 Å². The Hall–Kier alpha value is -0.530. The van der Waals surface area contributed by atoms with Crippen LogP contribution >= 0.6 is 0 Å². The molecule has 0 aromatic rings. The third-order valence-electron chi connectivity index (χ3n) is 2.33. The lowest BCUT2D eigenvalue weighted by Gasteiger charge is -2.17. The number of rotatable bonds is 7. The molecule has 0 aromatic heterocycles. The Morgan fingerprint density at radius 1 is 1.12 bits per heavy atom. The molecule has 0 heterocycles. The van der Waals surface area contributed by atoms with Crippen LogP contribution in [0.15, 0.2) is 0 Å². The molecule has 0 N–H and O–H groups in total. The fourth-order valence-corrected chi connectivity index (χ4v) is 1.37. The summed E-state index contributed by atoms with van der Waals surface area (Å²) >= 11 is 0. The highest BCUT2D eigenvalue weighted by Crippen LogP contribution is 2.14. The average Bonchev–Trinajstić information content (AvgIpc) is 2.12. The molecule has 0 fully saturated rings. The van der Waals surface area contributed by atoms with Crippen molar-refractivity contribution in [2.75, 3.05) is 6.61 Å². The molecule has 0 aliphatic rings. The zero-order valence-electron chi connectivity index (χ0n) is 11.6. The van der Waals surface area contributed by atoms with Crippen LogP contribution in [0.1, 0.15) is 66.7 Å². The van der Waals surface area contributed by atoms with E-state index in [-0.39, 0.29) is 11.4 Å². The van der Waals surface area contributed by atoms with Crippen molar-refractivity contribution in [1.29, 1.82) is 0 Å². The minimum Gasteiger partial charge on any atom is -0.465 e. The van der Waals surface area contributed by atoms with E-state index in [0.717, 1.165) is 18.8 Å². The molecule has 96 valence electrons. The van der Waals surface area contributed by atoms with E-state index in [0.29, 0.717) is 13.0 Å². The first kappa shape index (κ1) is 15.5.